The summed E-state index contributed by atoms with van der Waals surface area (Å²) >= 11 is 0. The van der Waals surface area contributed by atoms with Gasteiger partial charge in [0, 0.05) is 31.4 Å². The molecule has 3 amide bonds. The molecule has 1 heterocycles. The smallest absolute Gasteiger partial charge is 0.319 e. The Hall–Kier alpha value is -3.09. The minimum absolute atomic E-state index is 0.108. The van der Waals surface area contributed by atoms with E-state index in [2.05, 4.69) is 10.6 Å². The van der Waals surface area contributed by atoms with Crippen LogP contribution in [0.2, 0.25) is 0 Å². The summed E-state index contributed by atoms with van der Waals surface area (Å²) in [5.74, 6) is 0.177. The minimum atomic E-state index is -0.495. The van der Waals surface area contributed by atoms with Crippen LogP contribution in [0.5, 0.6) is 5.75 Å². The first-order valence-electron chi connectivity index (χ1n) is 9.29. The molecule has 1 aliphatic heterocycles. The van der Waals surface area contributed by atoms with E-state index in [0.29, 0.717) is 31.1 Å². The molecule has 1 saturated heterocycles. The van der Waals surface area contributed by atoms with Crippen molar-refractivity contribution < 1.29 is 18.7 Å². The zero-order valence-electron chi connectivity index (χ0n) is 15.8. The van der Waals surface area contributed by atoms with Gasteiger partial charge in [-0.15, -0.1) is 0 Å². The number of rotatable bonds is 5. The van der Waals surface area contributed by atoms with Crippen LogP contribution in [-0.2, 0) is 0 Å². The van der Waals surface area contributed by atoms with Gasteiger partial charge in [0.1, 0.15) is 11.6 Å². The van der Waals surface area contributed by atoms with E-state index >= 15 is 0 Å². The van der Waals surface area contributed by atoms with Gasteiger partial charge >= 0.3 is 6.03 Å². The Labute approximate surface area is 163 Å². The van der Waals surface area contributed by atoms with Crippen molar-refractivity contribution in [2.45, 2.75) is 12.8 Å². The predicted molar refractivity (Wildman–Crippen MR) is 105 cm³/mol. The molecule has 2 aromatic rings. The minimum Gasteiger partial charge on any atom is -0.497 e. The van der Waals surface area contributed by atoms with Gasteiger partial charge in [0.2, 0.25) is 0 Å². The van der Waals surface area contributed by atoms with E-state index < -0.39 is 5.82 Å². The highest BCUT2D eigenvalue weighted by molar-refractivity contribution is 5.94. The van der Waals surface area contributed by atoms with Crippen LogP contribution in [0.3, 0.4) is 0 Å². The molecule has 0 aliphatic carbocycles. The molecule has 28 heavy (non-hydrogen) atoms. The maximum atomic E-state index is 13.8. The third-order valence-corrected chi connectivity index (χ3v) is 4.88. The molecule has 1 fully saturated rings. The van der Waals surface area contributed by atoms with Gasteiger partial charge < -0.3 is 20.3 Å². The number of carbonyl (C=O) groups is 2. The molecule has 2 aromatic carbocycles. The van der Waals surface area contributed by atoms with E-state index in [1.54, 1.807) is 48.4 Å². The van der Waals surface area contributed by atoms with Gasteiger partial charge in [0.15, 0.2) is 0 Å². The second kappa shape index (κ2) is 9.21. The fraction of sp³-hybridized carbons (Fsp3) is 0.333. The van der Waals surface area contributed by atoms with Crippen molar-refractivity contribution in [3.05, 3.63) is 59.9 Å². The molecule has 6 nitrogen and oxygen atoms in total. The van der Waals surface area contributed by atoms with Gasteiger partial charge in [-0.2, -0.15) is 0 Å². The third kappa shape index (κ3) is 5.00. The Morgan fingerprint density at radius 1 is 1.14 bits per heavy atom. The first kappa shape index (κ1) is 19.7. The Bertz CT molecular complexity index is 835. The van der Waals surface area contributed by atoms with Crippen LogP contribution in [0.25, 0.3) is 0 Å². The van der Waals surface area contributed by atoms with Crippen molar-refractivity contribution in [3.8, 4) is 5.75 Å². The van der Waals surface area contributed by atoms with Gasteiger partial charge in [-0.1, -0.05) is 18.2 Å². The van der Waals surface area contributed by atoms with Crippen LogP contribution in [0.15, 0.2) is 48.5 Å². The molecule has 0 aromatic heterocycles. The topological polar surface area (TPSA) is 70.7 Å². The normalized spacial score (nSPS) is 14.4. The van der Waals surface area contributed by atoms with Gasteiger partial charge in [0.25, 0.3) is 5.91 Å². The Morgan fingerprint density at radius 3 is 2.61 bits per heavy atom. The van der Waals surface area contributed by atoms with E-state index in [0.717, 1.165) is 12.8 Å². The van der Waals surface area contributed by atoms with Crippen molar-refractivity contribution in [2.75, 3.05) is 32.1 Å². The van der Waals surface area contributed by atoms with Crippen molar-refractivity contribution >= 4 is 17.6 Å². The lowest BCUT2D eigenvalue weighted by Crippen LogP contribution is -2.42. The van der Waals surface area contributed by atoms with E-state index in [-0.39, 0.29) is 23.4 Å². The van der Waals surface area contributed by atoms with Crippen LogP contribution < -0.4 is 15.4 Å². The number of anilines is 1. The molecule has 0 atom stereocenters. The molecule has 0 bridgehead atoms. The number of amides is 3. The van der Waals surface area contributed by atoms with Crippen LogP contribution in [-0.4, -0.2) is 43.6 Å². The fourth-order valence-corrected chi connectivity index (χ4v) is 3.26. The number of likely N-dealkylation sites (tertiary alicyclic amines) is 1. The average Bonchev–Trinajstić information content (AvgIpc) is 2.72. The monoisotopic (exact) mass is 385 g/mol. The Kier molecular flexibility index (Phi) is 6.47. The summed E-state index contributed by atoms with van der Waals surface area (Å²) < 4.78 is 18.9. The number of piperidine rings is 1. The summed E-state index contributed by atoms with van der Waals surface area (Å²) in [4.78, 5) is 26.2. The van der Waals surface area contributed by atoms with E-state index in [1.807, 2.05) is 0 Å². The molecular formula is C21H24FN3O3. The molecule has 0 saturated carbocycles. The number of benzene rings is 2. The molecule has 3 rings (SSSR count). The SMILES string of the molecule is COc1cccc(NC(=O)NCC2CCN(C(=O)c3ccccc3F)CC2)c1. The van der Waals surface area contributed by atoms with Crippen molar-refractivity contribution in [1.29, 1.82) is 0 Å². The van der Waals surface area contributed by atoms with Gasteiger partial charge in [-0.25, -0.2) is 9.18 Å². The number of carbonyl (C=O) groups excluding carboxylic acids is 2. The lowest BCUT2D eigenvalue weighted by Gasteiger charge is -2.32. The molecule has 7 heteroatoms. The quantitative estimate of drug-likeness (QED) is 0.828. The van der Waals surface area contributed by atoms with Crippen LogP contribution in [0.4, 0.5) is 14.9 Å². The maximum Gasteiger partial charge on any atom is 0.319 e. The summed E-state index contributed by atoms with van der Waals surface area (Å²) in [6.07, 6.45) is 1.53. The molecule has 0 spiro atoms. The fourth-order valence-electron chi connectivity index (χ4n) is 3.26. The van der Waals surface area contributed by atoms with E-state index in [1.165, 1.54) is 12.1 Å². The second-order valence-corrected chi connectivity index (χ2v) is 6.78. The number of hydrogen-bond acceptors (Lipinski definition) is 3. The van der Waals surface area contributed by atoms with E-state index in [4.69, 9.17) is 4.74 Å². The summed E-state index contributed by atoms with van der Waals surface area (Å²) in [6.45, 7) is 1.63. The molecular weight excluding hydrogens is 361 g/mol. The van der Waals surface area contributed by atoms with Gasteiger partial charge in [-0.05, 0) is 43.0 Å². The standard InChI is InChI=1S/C21H24FN3O3/c1-28-17-6-4-5-16(13-17)24-21(27)23-14-15-9-11-25(12-10-15)20(26)18-7-2-3-8-19(18)22/h2-8,13,15H,9-12,14H2,1H3,(H2,23,24,27). The zero-order chi connectivity index (χ0) is 19.9. The van der Waals surface area contributed by atoms with Crippen LogP contribution in [0.1, 0.15) is 23.2 Å². The summed E-state index contributed by atoms with van der Waals surface area (Å²) in [7, 11) is 1.57. The maximum absolute atomic E-state index is 13.8. The number of nitrogens with one attached hydrogen (secondary N) is 2. The third-order valence-electron chi connectivity index (χ3n) is 4.88. The van der Waals surface area contributed by atoms with E-state index in [9.17, 15) is 14.0 Å². The van der Waals surface area contributed by atoms with Crippen LogP contribution >= 0.6 is 0 Å². The second-order valence-electron chi connectivity index (χ2n) is 6.78. The first-order chi connectivity index (χ1) is 13.6. The summed E-state index contributed by atoms with van der Waals surface area (Å²) in [6, 6.07) is 12.9. The molecule has 148 valence electrons. The number of hydrogen-bond donors (Lipinski definition) is 2. The predicted octanol–water partition coefficient (Wildman–Crippen LogP) is 3.51. The van der Waals surface area contributed by atoms with Crippen molar-refractivity contribution in [3.63, 3.8) is 0 Å². The van der Waals surface area contributed by atoms with Gasteiger partial charge in [0.05, 0.1) is 12.7 Å². The number of methoxy groups -OCH3 is 1. The number of urea groups is 1. The Balaban J connectivity index is 1.43. The van der Waals surface area contributed by atoms with Gasteiger partial charge in [-0.3, -0.25) is 4.79 Å². The highest BCUT2D eigenvalue weighted by atomic mass is 19.1. The molecule has 1 aliphatic rings. The lowest BCUT2D eigenvalue weighted by atomic mass is 9.96. The highest BCUT2D eigenvalue weighted by Gasteiger charge is 2.25. The molecule has 2 N–H and O–H groups in total. The number of halogens is 1. The highest BCUT2D eigenvalue weighted by Crippen LogP contribution is 2.20. The zero-order valence-corrected chi connectivity index (χ0v) is 15.8. The summed E-state index contributed by atoms with van der Waals surface area (Å²) in [5, 5.41) is 5.64. The Morgan fingerprint density at radius 2 is 1.89 bits per heavy atom. The average molecular weight is 385 g/mol. The van der Waals surface area contributed by atoms with Crippen molar-refractivity contribution in [1.82, 2.24) is 10.2 Å². The number of ether oxygens (including phenoxy) is 1. The lowest BCUT2D eigenvalue weighted by molar-refractivity contribution is 0.0686. The molecule has 0 unspecified atom stereocenters. The van der Waals surface area contributed by atoms with Crippen molar-refractivity contribution in [2.24, 2.45) is 5.92 Å². The number of nitrogens with zero attached hydrogens (tertiary/aromatic N) is 1. The largest absolute Gasteiger partial charge is 0.497 e. The first-order valence-corrected chi connectivity index (χ1v) is 9.29. The van der Waals surface area contributed by atoms with Crippen LogP contribution in [0, 0.1) is 11.7 Å². The molecule has 0 radical (unpaired) electrons. The summed E-state index contributed by atoms with van der Waals surface area (Å²) in [5.41, 5.74) is 0.763.